The Kier molecular flexibility index (Phi) is 6.65. The van der Waals surface area contributed by atoms with E-state index in [0.29, 0.717) is 30.9 Å². The number of esters is 1. The number of aliphatic hydroxyl groups excluding tert-OH is 2. The zero-order valence-corrected chi connectivity index (χ0v) is 22.2. The number of benzene rings is 1. The molecule has 1 saturated heterocycles. The summed E-state index contributed by atoms with van der Waals surface area (Å²) in [5.41, 5.74) is -0.341. The maximum atomic E-state index is 12.9. The predicted octanol–water partition coefficient (Wildman–Crippen LogP) is -0.537. The molecule has 1 aromatic rings. The fourth-order valence-corrected chi connectivity index (χ4v) is 6.79. The number of hydrogen-bond donors (Lipinski definition) is 5. The number of rotatable bonds is 8. The molecule has 2 bridgehead atoms. The van der Waals surface area contributed by atoms with Crippen LogP contribution in [0.15, 0.2) is 24.0 Å². The number of hydrogen-bond acceptors (Lipinski definition) is 10. The number of carbonyl (C=O) groups is 3. The van der Waals surface area contributed by atoms with Crippen LogP contribution >= 0.6 is 0 Å². The zero-order chi connectivity index (χ0) is 28.4. The molecule has 2 heterocycles. The average Bonchev–Trinajstić information content (AvgIpc) is 3.25. The topological polar surface area (TPSA) is 175 Å². The van der Waals surface area contributed by atoms with Crippen LogP contribution in [0.3, 0.4) is 0 Å². The van der Waals surface area contributed by atoms with Crippen LogP contribution in [-0.4, -0.2) is 99.9 Å². The number of nitrogens with one attached hydrogen (secondary N) is 1. The molecular formula is C27H34N2O10. The monoisotopic (exact) mass is 546 g/mol. The van der Waals surface area contributed by atoms with Gasteiger partial charge in [-0.1, -0.05) is 19.9 Å². The Morgan fingerprint density at radius 3 is 2.56 bits per heavy atom. The average molecular weight is 547 g/mol. The largest absolute Gasteiger partial charge is 0.493 e. The predicted molar refractivity (Wildman–Crippen MR) is 134 cm³/mol. The van der Waals surface area contributed by atoms with E-state index in [9.17, 15) is 34.8 Å². The molecule has 1 fully saturated rings. The van der Waals surface area contributed by atoms with E-state index in [0.717, 1.165) is 11.1 Å². The van der Waals surface area contributed by atoms with Crippen molar-refractivity contribution < 1.29 is 49.0 Å². The Bertz CT molecular complexity index is 1250. The smallest absolute Gasteiger partial charge is 0.343 e. The highest BCUT2D eigenvalue weighted by Gasteiger charge is 2.72. The van der Waals surface area contributed by atoms with Gasteiger partial charge in [-0.15, -0.1) is 0 Å². The third-order valence-corrected chi connectivity index (χ3v) is 8.82. The minimum absolute atomic E-state index is 0.0522. The van der Waals surface area contributed by atoms with Gasteiger partial charge in [0, 0.05) is 18.0 Å². The number of methoxy groups -OCH3 is 1. The zero-order valence-electron chi connectivity index (χ0n) is 22.2. The van der Waals surface area contributed by atoms with Crippen molar-refractivity contribution in [2.75, 3.05) is 20.7 Å². The summed E-state index contributed by atoms with van der Waals surface area (Å²) in [6.07, 6.45) is -2.68. The van der Waals surface area contributed by atoms with Crippen molar-refractivity contribution in [1.82, 2.24) is 10.2 Å². The van der Waals surface area contributed by atoms with Crippen molar-refractivity contribution >= 4 is 17.8 Å². The summed E-state index contributed by atoms with van der Waals surface area (Å²) in [4.78, 5) is 38.9. The van der Waals surface area contributed by atoms with Gasteiger partial charge in [-0.05, 0) is 50.1 Å². The maximum Gasteiger partial charge on any atom is 0.343 e. The second-order valence-electron chi connectivity index (χ2n) is 11.2. The number of carbonyl (C=O) groups excluding carboxylic acids is 2. The Morgan fingerprint density at radius 2 is 1.92 bits per heavy atom. The second kappa shape index (κ2) is 9.47. The lowest BCUT2D eigenvalue weighted by Crippen LogP contribution is -2.74. The summed E-state index contributed by atoms with van der Waals surface area (Å²) in [5.74, 6) is -3.36. The van der Waals surface area contributed by atoms with Crippen LogP contribution in [0.1, 0.15) is 37.8 Å². The van der Waals surface area contributed by atoms with E-state index in [2.05, 4.69) is 10.2 Å². The van der Waals surface area contributed by atoms with Crippen molar-refractivity contribution in [3.05, 3.63) is 35.1 Å². The van der Waals surface area contributed by atoms with Crippen molar-refractivity contribution in [2.24, 2.45) is 5.92 Å². The van der Waals surface area contributed by atoms with Gasteiger partial charge < -0.3 is 44.9 Å². The number of likely N-dealkylation sites (N-methyl/N-ethyl adjacent to an activating group) is 1. The lowest BCUT2D eigenvalue weighted by atomic mass is 9.50. The van der Waals surface area contributed by atoms with Gasteiger partial charge in [0.2, 0.25) is 0 Å². The molecule has 2 aliphatic heterocycles. The Hall–Kier alpha value is -3.19. The van der Waals surface area contributed by atoms with Crippen LogP contribution in [0.2, 0.25) is 0 Å². The van der Waals surface area contributed by atoms with Gasteiger partial charge in [-0.25, -0.2) is 9.59 Å². The highest BCUT2D eigenvalue weighted by Crippen LogP contribution is 2.65. The van der Waals surface area contributed by atoms with Gasteiger partial charge in [-0.2, -0.15) is 0 Å². The first-order valence-electron chi connectivity index (χ1n) is 13.0. The first kappa shape index (κ1) is 27.4. The summed E-state index contributed by atoms with van der Waals surface area (Å²) in [7, 11) is 3.48. The molecule has 5 N–H and O–H groups in total. The van der Waals surface area contributed by atoms with Gasteiger partial charge in [0.25, 0.3) is 5.91 Å². The van der Waals surface area contributed by atoms with Crippen LogP contribution in [0.4, 0.5) is 0 Å². The first-order chi connectivity index (χ1) is 18.4. The Balaban J connectivity index is 1.43. The molecule has 4 unspecified atom stereocenters. The van der Waals surface area contributed by atoms with Crippen LogP contribution in [0.5, 0.6) is 11.5 Å². The number of aliphatic carboxylic acids is 1. The fourth-order valence-electron chi connectivity index (χ4n) is 6.79. The summed E-state index contributed by atoms with van der Waals surface area (Å²) < 4.78 is 17.4. The molecule has 212 valence electrons. The van der Waals surface area contributed by atoms with E-state index in [4.69, 9.17) is 14.2 Å². The maximum absolute atomic E-state index is 12.9. The summed E-state index contributed by atoms with van der Waals surface area (Å²) >= 11 is 0. The van der Waals surface area contributed by atoms with E-state index in [1.807, 2.05) is 13.1 Å². The summed E-state index contributed by atoms with van der Waals surface area (Å²) in [6.45, 7) is 3.78. The minimum Gasteiger partial charge on any atom is -0.493 e. The Labute approximate surface area is 225 Å². The summed E-state index contributed by atoms with van der Waals surface area (Å²) in [6, 6.07) is 2.22. The van der Waals surface area contributed by atoms with Crippen LogP contribution < -0.4 is 14.8 Å². The van der Waals surface area contributed by atoms with E-state index >= 15 is 0 Å². The number of carboxylic acids is 1. The number of carboxylic acid groups (broad SMARTS) is 1. The number of likely N-dealkylation sites (tertiary alicyclic amines) is 1. The van der Waals surface area contributed by atoms with Gasteiger partial charge in [0.1, 0.15) is 11.8 Å². The first-order valence-corrected chi connectivity index (χ1v) is 13.0. The molecule has 1 amide bonds. The number of ether oxygens (including phenoxy) is 3. The molecule has 1 aromatic carbocycles. The van der Waals surface area contributed by atoms with E-state index in [1.165, 1.54) is 7.11 Å². The van der Waals surface area contributed by atoms with Gasteiger partial charge in [0.15, 0.2) is 29.8 Å². The number of aliphatic hydroxyl groups is 3. The van der Waals surface area contributed by atoms with Crippen LogP contribution in [-0.2, 0) is 31.0 Å². The van der Waals surface area contributed by atoms with Gasteiger partial charge >= 0.3 is 11.9 Å². The lowest BCUT2D eigenvalue weighted by molar-refractivity contribution is -0.175. The molecule has 0 saturated carbocycles. The molecule has 12 heteroatoms. The number of nitrogens with zero attached hydrogens (tertiary/aromatic N) is 1. The number of piperidine rings is 1. The van der Waals surface area contributed by atoms with Crippen molar-refractivity contribution in [3.8, 4) is 11.5 Å². The normalized spacial score (nSPS) is 30.8. The fraction of sp³-hybridized carbons (Fsp3) is 0.593. The molecule has 5 rings (SSSR count). The van der Waals surface area contributed by atoms with Gasteiger partial charge in [0.05, 0.1) is 18.1 Å². The molecule has 0 radical (unpaired) electrons. The van der Waals surface area contributed by atoms with E-state index in [-0.39, 0.29) is 18.2 Å². The molecule has 12 nitrogen and oxygen atoms in total. The third-order valence-electron chi connectivity index (χ3n) is 8.82. The molecule has 1 spiro atoms. The van der Waals surface area contributed by atoms with Crippen molar-refractivity contribution in [3.63, 3.8) is 0 Å². The summed E-state index contributed by atoms with van der Waals surface area (Å²) in [5, 5.41) is 44.4. The van der Waals surface area contributed by atoms with Gasteiger partial charge in [-0.3, -0.25) is 4.79 Å². The lowest BCUT2D eigenvalue weighted by Gasteiger charge is -2.61. The standard InChI is InChI=1S/C27H34N2O10/c1-12(2)18(24(33)34)28-23(32)19(30)20(31)25(35)38-15-7-8-27(36)16-11-13-5-6-14(37-4)21-17(13)26(27,22(15)39-21)9-10-29(16)3/h5-7,12,16,18-20,22,30-31,36H,8-11H2,1-4H3,(H,28,32)(H,33,34)/t16?,18?,19?,20?,22-,26-,27+/m0/s1. The van der Waals surface area contributed by atoms with Crippen molar-refractivity contribution in [2.45, 2.75) is 74.5 Å². The molecular weight excluding hydrogens is 512 g/mol. The quantitative estimate of drug-likeness (QED) is 0.265. The highest BCUT2D eigenvalue weighted by molar-refractivity contribution is 5.91. The SMILES string of the molecule is COc1ccc2c3c1O[C@H]1C(OC(=O)C(O)C(O)C(=O)NC(C(=O)O)C(C)C)=CC[C@@]4(O)C(C2)N(C)CC[C@]314. The molecule has 39 heavy (non-hydrogen) atoms. The molecule has 0 aromatic heterocycles. The van der Waals surface area contributed by atoms with E-state index in [1.54, 1.807) is 26.0 Å². The number of amides is 1. The van der Waals surface area contributed by atoms with Crippen molar-refractivity contribution in [1.29, 1.82) is 0 Å². The minimum atomic E-state index is -2.30. The molecule has 7 atom stereocenters. The second-order valence-corrected chi connectivity index (χ2v) is 11.2. The third kappa shape index (κ3) is 3.84. The van der Waals surface area contributed by atoms with Crippen LogP contribution in [0.25, 0.3) is 0 Å². The highest BCUT2D eigenvalue weighted by atomic mass is 16.6. The molecule has 2 aliphatic carbocycles. The van der Waals surface area contributed by atoms with E-state index < -0.39 is 59.1 Å². The van der Waals surface area contributed by atoms with Crippen LogP contribution in [0, 0.1) is 5.92 Å². The Morgan fingerprint density at radius 1 is 1.21 bits per heavy atom. The molecule has 4 aliphatic rings.